The lowest BCUT2D eigenvalue weighted by atomic mass is 10.1. The largest absolute Gasteiger partial charge is 0.496 e. The van der Waals surface area contributed by atoms with Crippen LogP contribution in [0.3, 0.4) is 0 Å². The Hall–Kier alpha value is -3.56. The summed E-state index contributed by atoms with van der Waals surface area (Å²) < 4.78 is 11.2. The number of carbonyl (C=O) groups is 2. The quantitative estimate of drug-likeness (QED) is 0.613. The lowest BCUT2D eigenvalue weighted by Crippen LogP contribution is -2.48. The number of fused-ring (bicyclic) bond motifs is 1. The summed E-state index contributed by atoms with van der Waals surface area (Å²) >= 11 is 0. The second-order valence-corrected chi connectivity index (χ2v) is 8.98. The van der Waals surface area contributed by atoms with Crippen LogP contribution < -0.4 is 19.7 Å². The van der Waals surface area contributed by atoms with Crippen LogP contribution in [0.4, 0.5) is 11.8 Å². The molecule has 0 aliphatic carbocycles. The van der Waals surface area contributed by atoms with E-state index in [9.17, 15) is 9.59 Å². The molecule has 0 saturated carbocycles. The SMILES string of the molecule is CCOc1ccc(CNc2nc(N3CCN(C(C)=O)CC3)nc3c2CN(C(C)C)C3=O)c(OC)c1. The summed E-state index contributed by atoms with van der Waals surface area (Å²) in [6.45, 7) is 11.5. The first-order valence-corrected chi connectivity index (χ1v) is 12.1. The summed E-state index contributed by atoms with van der Waals surface area (Å²) in [6, 6.07) is 5.80. The molecule has 1 saturated heterocycles. The van der Waals surface area contributed by atoms with Crippen molar-refractivity contribution in [1.29, 1.82) is 0 Å². The van der Waals surface area contributed by atoms with Gasteiger partial charge in [-0.1, -0.05) is 0 Å². The van der Waals surface area contributed by atoms with Crippen LogP contribution in [0.1, 0.15) is 49.3 Å². The highest BCUT2D eigenvalue weighted by Gasteiger charge is 2.35. The van der Waals surface area contributed by atoms with Crippen LogP contribution in [0.15, 0.2) is 18.2 Å². The van der Waals surface area contributed by atoms with Crippen LogP contribution in [-0.2, 0) is 17.9 Å². The van der Waals surface area contributed by atoms with Crippen LogP contribution in [0.2, 0.25) is 0 Å². The molecule has 10 heteroatoms. The zero-order valence-electron chi connectivity index (χ0n) is 21.1. The number of methoxy groups -OCH3 is 1. The molecule has 0 atom stereocenters. The third kappa shape index (κ3) is 5.11. The zero-order valence-corrected chi connectivity index (χ0v) is 21.1. The summed E-state index contributed by atoms with van der Waals surface area (Å²) in [5.41, 5.74) is 2.20. The minimum absolute atomic E-state index is 0.0540. The van der Waals surface area contributed by atoms with Gasteiger partial charge in [0.2, 0.25) is 11.9 Å². The van der Waals surface area contributed by atoms with Crippen LogP contribution in [0.25, 0.3) is 0 Å². The molecule has 0 radical (unpaired) electrons. The van der Waals surface area contributed by atoms with Gasteiger partial charge in [0.05, 0.1) is 20.3 Å². The highest BCUT2D eigenvalue weighted by Crippen LogP contribution is 2.32. The average Bonchev–Trinajstić information content (AvgIpc) is 3.20. The second kappa shape index (κ2) is 10.4. The van der Waals surface area contributed by atoms with Crippen molar-refractivity contribution in [3.63, 3.8) is 0 Å². The number of hydrogen-bond donors (Lipinski definition) is 1. The van der Waals surface area contributed by atoms with Gasteiger partial charge in [0.1, 0.15) is 23.0 Å². The maximum Gasteiger partial charge on any atom is 0.273 e. The average molecular weight is 483 g/mol. The van der Waals surface area contributed by atoms with Gasteiger partial charge >= 0.3 is 0 Å². The molecule has 1 N–H and O–H groups in total. The maximum absolute atomic E-state index is 13.1. The molecule has 1 aromatic carbocycles. The van der Waals surface area contributed by atoms with E-state index in [1.54, 1.807) is 18.9 Å². The molecule has 35 heavy (non-hydrogen) atoms. The van der Waals surface area contributed by atoms with Crippen molar-refractivity contribution in [2.24, 2.45) is 0 Å². The van der Waals surface area contributed by atoms with Gasteiger partial charge in [-0.25, -0.2) is 4.98 Å². The number of amides is 2. The molecule has 3 heterocycles. The summed E-state index contributed by atoms with van der Waals surface area (Å²) in [7, 11) is 1.63. The molecule has 1 aromatic heterocycles. The molecule has 2 amide bonds. The van der Waals surface area contributed by atoms with Gasteiger partial charge in [-0.15, -0.1) is 0 Å². The number of aromatic nitrogens is 2. The summed E-state index contributed by atoms with van der Waals surface area (Å²) in [6.07, 6.45) is 0. The molecule has 0 spiro atoms. The van der Waals surface area contributed by atoms with E-state index in [4.69, 9.17) is 14.5 Å². The topological polar surface area (TPSA) is 100 Å². The number of nitrogens with zero attached hydrogens (tertiary/aromatic N) is 5. The van der Waals surface area contributed by atoms with Gasteiger partial charge in [0.25, 0.3) is 5.91 Å². The van der Waals surface area contributed by atoms with Crippen molar-refractivity contribution in [2.45, 2.75) is 46.8 Å². The molecule has 0 unspecified atom stereocenters. The van der Waals surface area contributed by atoms with E-state index < -0.39 is 0 Å². The van der Waals surface area contributed by atoms with Gasteiger partial charge in [0.15, 0.2) is 0 Å². The maximum atomic E-state index is 13.1. The molecule has 10 nitrogen and oxygen atoms in total. The van der Waals surface area contributed by atoms with E-state index in [-0.39, 0.29) is 17.9 Å². The molecular weight excluding hydrogens is 448 g/mol. The third-order valence-electron chi connectivity index (χ3n) is 6.43. The molecule has 2 aliphatic heterocycles. The Kier molecular flexibility index (Phi) is 7.28. The zero-order chi connectivity index (χ0) is 25.1. The predicted octanol–water partition coefficient (Wildman–Crippen LogP) is 2.53. The van der Waals surface area contributed by atoms with Crippen molar-refractivity contribution >= 4 is 23.6 Å². The molecule has 2 aromatic rings. The number of hydrogen-bond acceptors (Lipinski definition) is 8. The van der Waals surface area contributed by atoms with Crippen molar-refractivity contribution < 1.29 is 19.1 Å². The van der Waals surface area contributed by atoms with Gasteiger partial charge < -0.3 is 29.5 Å². The summed E-state index contributed by atoms with van der Waals surface area (Å²) in [5.74, 6) is 2.60. The standard InChI is InChI=1S/C25H34N6O4/c1-6-35-19-8-7-18(21(13-19)34-5)14-26-23-20-15-31(16(2)3)24(33)22(20)27-25(28-23)30-11-9-29(10-12-30)17(4)32/h7-8,13,16H,6,9-12,14-15H2,1-5H3,(H,26,27,28). The molecular formula is C25H34N6O4. The normalized spacial score (nSPS) is 15.5. The molecule has 188 valence electrons. The Labute approximate surface area is 206 Å². The van der Waals surface area contributed by atoms with E-state index in [0.29, 0.717) is 63.3 Å². The minimum atomic E-state index is -0.0808. The molecule has 0 bridgehead atoms. The number of benzene rings is 1. The van der Waals surface area contributed by atoms with E-state index in [1.807, 2.05) is 48.8 Å². The Bertz CT molecular complexity index is 1100. The fraction of sp³-hybridized carbons (Fsp3) is 0.520. The lowest BCUT2D eigenvalue weighted by molar-refractivity contribution is -0.129. The molecule has 2 aliphatic rings. The number of carbonyl (C=O) groups excluding carboxylic acids is 2. The Morgan fingerprint density at radius 1 is 1.17 bits per heavy atom. The first kappa shape index (κ1) is 24.6. The van der Waals surface area contributed by atoms with E-state index in [0.717, 1.165) is 22.6 Å². The third-order valence-corrected chi connectivity index (χ3v) is 6.43. The van der Waals surface area contributed by atoms with Crippen LogP contribution in [0, 0.1) is 0 Å². The molecule has 1 fully saturated rings. The van der Waals surface area contributed by atoms with Crippen LogP contribution in [0.5, 0.6) is 11.5 Å². The number of rotatable bonds is 8. The minimum Gasteiger partial charge on any atom is -0.496 e. The predicted molar refractivity (Wildman–Crippen MR) is 133 cm³/mol. The molecule has 4 rings (SSSR count). The lowest BCUT2D eigenvalue weighted by Gasteiger charge is -2.34. The highest BCUT2D eigenvalue weighted by atomic mass is 16.5. The first-order valence-electron chi connectivity index (χ1n) is 12.1. The Balaban J connectivity index is 1.62. The smallest absolute Gasteiger partial charge is 0.273 e. The second-order valence-electron chi connectivity index (χ2n) is 8.98. The van der Waals surface area contributed by atoms with Crippen molar-refractivity contribution in [3.8, 4) is 11.5 Å². The number of anilines is 2. The van der Waals surface area contributed by atoms with Crippen LogP contribution in [-0.4, -0.2) is 77.5 Å². The van der Waals surface area contributed by atoms with E-state index in [2.05, 4.69) is 10.3 Å². The van der Waals surface area contributed by atoms with E-state index in [1.165, 1.54) is 0 Å². The van der Waals surface area contributed by atoms with Gasteiger partial charge in [-0.05, 0) is 32.9 Å². The van der Waals surface area contributed by atoms with E-state index >= 15 is 0 Å². The Morgan fingerprint density at radius 3 is 2.54 bits per heavy atom. The summed E-state index contributed by atoms with van der Waals surface area (Å²) in [4.78, 5) is 40.0. The number of piperazine rings is 1. The van der Waals surface area contributed by atoms with Gasteiger partial charge in [-0.3, -0.25) is 9.59 Å². The summed E-state index contributed by atoms with van der Waals surface area (Å²) in [5, 5.41) is 3.43. The monoisotopic (exact) mass is 482 g/mol. The van der Waals surface area contributed by atoms with Gasteiger partial charge in [-0.2, -0.15) is 4.98 Å². The van der Waals surface area contributed by atoms with Gasteiger partial charge in [0, 0.05) is 62.9 Å². The van der Waals surface area contributed by atoms with Crippen molar-refractivity contribution in [1.82, 2.24) is 19.8 Å². The fourth-order valence-corrected chi connectivity index (χ4v) is 4.41. The first-order chi connectivity index (χ1) is 16.8. The number of ether oxygens (including phenoxy) is 2. The number of nitrogens with one attached hydrogen (secondary N) is 1. The highest BCUT2D eigenvalue weighted by molar-refractivity contribution is 5.98. The van der Waals surface area contributed by atoms with Crippen molar-refractivity contribution in [3.05, 3.63) is 35.0 Å². The Morgan fingerprint density at radius 2 is 1.91 bits per heavy atom. The van der Waals surface area contributed by atoms with Crippen LogP contribution >= 0.6 is 0 Å². The van der Waals surface area contributed by atoms with Crippen molar-refractivity contribution in [2.75, 3.05) is 50.1 Å². The fourth-order valence-electron chi connectivity index (χ4n) is 4.41.